The molecule has 2 N–H and O–H groups in total. The Morgan fingerprint density at radius 1 is 1.35 bits per heavy atom. The largest absolute Gasteiger partial charge is 0.504 e. The number of phenolic OH excluding ortho intramolecular Hbond substituents is 2. The lowest BCUT2D eigenvalue weighted by atomic mass is 10.1. The molecule has 0 bridgehead atoms. The Labute approximate surface area is 102 Å². The fraction of sp³-hybridized carbons (Fsp3) is 0.273. The van der Waals surface area contributed by atoms with Crippen molar-refractivity contribution in [3.63, 3.8) is 0 Å². The normalized spacial score (nSPS) is 11.3. The summed E-state index contributed by atoms with van der Waals surface area (Å²) in [7, 11) is 0. The number of hydrogen-bond donors (Lipinski definition) is 2. The van der Waals surface area contributed by atoms with Gasteiger partial charge in [0.2, 0.25) is 0 Å². The summed E-state index contributed by atoms with van der Waals surface area (Å²) in [6, 6.07) is 1.10. The Kier molecular flexibility index (Phi) is 2.71. The van der Waals surface area contributed by atoms with Gasteiger partial charge in [0, 0.05) is 5.39 Å². The topological polar surface area (TPSA) is 75.3 Å². The lowest BCUT2D eigenvalue weighted by molar-refractivity contribution is 0.405. The summed E-state index contributed by atoms with van der Waals surface area (Å²) in [6.07, 6.45) is 1.40. The first-order valence-corrected chi connectivity index (χ1v) is 5.43. The second-order valence-electron chi connectivity index (χ2n) is 4.01. The molecule has 0 spiro atoms. The van der Waals surface area contributed by atoms with E-state index in [1.807, 2.05) is 13.8 Å². The van der Waals surface area contributed by atoms with Crippen molar-refractivity contribution in [1.29, 1.82) is 0 Å². The summed E-state index contributed by atoms with van der Waals surface area (Å²) in [5, 5.41) is 23.4. The van der Waals surface area contributed by atoms with Gasteiger partial charge < -0.3 is 10.2 Å². The van der Waals surface area contributed by atoms with Crippen LogP contribution in [-0.2, 0) is 0 Å². The van der Waals surface area contributed by atoms with Crippen LogP contribution in [0.4, 0.5) is 0 Å². The van der Waals surface area contributed by atoms with Crippen LogP contribution in [0.15, 0.2) is 17.1 Å². The molecule has 2 aromatic rings. The van der Waals surface area contributed by atoms with Crippen LogP contribution in [0.5, 0.6) is 11.5 Å². The SMILES string of the molecule is CC(C)n1ncc2c(Cl)c(O)c(O)cc2c1=O. The molecule has 0 radical (unpaired) electrons. The maximum Gasteiger partial charge on any atom is 0.275 e. The quantitative estimate of drug-likeness (QED) is 0.764. The van der Waals surface area contributed by atoms with E-state index in [0.717, 1.165) is 0 Å². The molecule has 17 heavy (non-hydrogen) atoms. The minimum absolute atomic E-state index is 0.0690. The Morgan fingerprint density at radius 3 is 2.59 bits per heavy atom. The Morgan fingerprint density at radius 2 is 2.00 bits per heavy atom. The molecule has 6 heteroatoms. The van der Waals surface area contributed by atoms with Crippen molar-refractivity contribution in [2.75, 3.05) is 0 Å². The highest BCUT2D eigenvalue weighted by Crippen LogP contribution is 2.37. The number of aromatic hydroxyl groups is 2. The average molecular weight is 255 g/mol. The highest BCUT2D eigenvalue weighted by Gasteiger charge is 2.15. The molecule has 0 saturated carbocycles. The number of hydrogen-bond acceptors (Lipinski definition) is 4. The number of halogens is 1. The van der Waals surface area contributed by atoms with E-state index in [2.05, 4.69) is 5.10 Å². The Balaban J connectivity index is 2.93. The minimum atomic E-state index is -0.442. The van der Waals surface area contributed by atoms with Gasteiger partial charge in [-0.15, -0.1) is 0 Å². The molecular weight excluding hydrogens is 244 g/mol. The highest BCUT2D eigenvalue weighted by atomic mass is 35.5. The highest BCUT2D eigenvalue weighted by molar-refractivity contribution is 6.37. The predicted molar refractivity (Wildman–Crippen MR) is 64.7 cm³/mol. The van der Waals surface area contributed by atoms with E-state index in [9.17, 15) is 15.0 Å². The molecule has 1 aromatic carbocycles. The van der Waals surface area contributed by atoms with Crippen molar-refractivity contribution in [2.45, 2.75) is 19.9 Å². The fourth-order valence-electron chi connectivity index (χ4n) is 1.61. The second kappa shape index (κ2) is 3.92. The Hall–Kier alpha value is -1.75. The lowest BCUT2D eigenvalue weighted by Gasteiger charge is -2.10. The lowest BCUT2D eigenvalue weighted by Crippen LogP contribution is -2.24. The molecule has 0 atom stereocenters. The number of fused-ring (bicyclic) bond motifs is 1. The van der Waals surface area contributed by atoms with Crippen molar-refractivity contribution in [1.82, 2.24) is 9.78 Å². The molecular formula is C11H11ClN2O3. The van der Waals surface area contributed by atoms with Crippen molar-refractivity contribution in [2.24, 2.45) is 0 Å². The van der Waals surface area contributed by atoms with E-state index >= 15 is 0 Å². The molecule has 0 aliphatic heterocycles. The van der Waals surface area contributed by atoms with Crippen LogP contribution in [0.1, 0.15) is 19.9 Å². The number of phenols is 2. The molecule has 0 fully saturated rings. The summed E-state index contributed by atoms with van der Waals surface area (Å²) in [5.41, 5.74) is -0.352. The van der Waals surface area contributed by atoms with E-state index in [1.165, 1.54) is 16.9 Å². The summed E-state index contributed by atoms with van der Waals surface area (Å²) in [6.45, 7) is 3.64. The van der Waals surface area contributed by atoms with Gasteiger partial charge in [0.25, 0.3) is 5.56 Å². The molecule has 2 rings (SSSR count). The van der Waals surface area contributed by atoms with Gasteiger partial charge in [0.1, 0.15) is 0 Å². The van der Waals surface area contributed by atoms with Crippen molar-refractivity contribution in [3.8, 4) is 11.5 Å². The molecule has 1 heterocycles. The van der Waals surface area contributed by atoms with E-state index in [4.69, 9.17) is 11.6 Å². The fourth-order valence-corrected chi connectivity index (χ4v) is 1.86. The molecule has 0 saturated heterocycles. The molecule has 5 nitrogen and oxygen atoms in total. The van der Waals surface area contributed by atoms with Gasteiger partial charge in [-0.05, 0) is 19.9 Å². The van der Waals surface area contributed by atoms with Crippen LogP contribution >= 0.6 is 11.6 Å². The maximum atomic E-state index is 12.0. The van der Waals surface area contributed by atoms with Gasteiger partial charge in [-0.25, -0.2) is 4.68 Å². The monoisotopic (exact) mass is 254 g/mol. The smallest absolute Gasteiger partial charge is 0.275 e. The third kappa shape index (κ3) is 1.72. The molecule has 0 unspecified atom stereocenters. The van der Waals surface area contributed by atoms with Gasteiger partial charge in [-0.3, -0.25) is 4.79 Å². The van der Waals surface area contributed by atoms with E-state index in [1.54, 1.807) is 0 Å². The van der Waals surface area contributed by atoms with Crippen LogP contribution in [0, 0.1) is 0 Å². The second-order valence-corrected chi connectivity index (χ2v) is 4.39. The van der Waals surface area contributed by atoms with Gasteiger partial charge in [-0.2, -0.15) is 5.10 Å². The standard InChI is InChI=1S/C11H11ClN2O3/c1-5(2)14-11(17)6-3-8(15)10(16)9(12)7(6)4-13-14/h3-5,15-16H,1-2H3. The van der Waals surface area contributed by atoms with E-state index in [-0.39, 0.29) is 22.0 Å². The average Bonchev–Trinajstić information content (AvgIpc) is 2.27. The summed E-state index contributed by atoms with van der Waals surface area (Å²) >= 11 is 5.84. The molecule has 0 amide bonds. The molecule has 0 aliphatic rings. The third-order valence-corrected chi connectivity index (χ3v) is 2.88. The van der Waals surface area contributed by atoms with Crippen LogP contribution in [0.2, 0.25) is 5.02 Å². The maximum absolute atomic E-state index is 12.0. The zero-order valence-corrected chi connectivity index (χ0v) is 10.1. The Bertz CT molecular complexity index is 649. The summed E-state index contributed by atoms with van der Waals surface area (Å²) in [5.74, 6) is -0.858. The van der Waals surface area contributed by atoms with Crippen molar-refractivity contribution in [3.05, 3.63) is 27.6 Å². The van der Waals surface area contributed by atoms with Gasteiger partial charge in [0.15, 0.2) is 11.5 Å². The first-order chi connectivity index (χ1) is 7.93. The zero-order chi connectivity index (χ0) is 12.7. The van der Waals surface area contributed by atoms with Crippen LogP contribution in [0.3, 0.4) is 0 Å². The molecule has 90 valence electrons. The zero-order valence-electron chi connectivity index (χ0n) is 9.31. The minimum Gasteiger partial charge on any atom is -0.504 e. The van der Waals surface area contributed by atoms with Gasteiger partial charge >= 0.3 is 0 Å². The number of nitrogens with zero attached hydrogens (tertiary/aromatic N) is 2. The van der Waals surface area contributed by atoms with Crippen LogP contribution in [-0.4, -0.2) is 20.0 Å². The summed E-state index contributed by atoms with van der Waals surface area (Å²) < 4.78 is 1.29. The van der Waals surface area contributed by atoms with E-state index < -0.39 is 11.5 Å². The van der Waals surface area contributed by atoms with Crippen LogP contribution < -0.4 is 5.56 Å². The first kappa shape index (κ1) is 11.7. The third-order valence-electron chi connectivity index (χ3n) is 2.50. The van der Waals surface area contributed by atoms with Gasteiger partial charge in [0.05, 0.1) is 22.6 Å². The predicted octanol–water partition coefficient (Wildman–Crippen LogP) is 2.04. The molecule has 0 aliphatic carbocycles. The molecule has 1 aromatic heterocycles. The first-order valence-electron chi connectivity index (χ1n) is 5.05. The summed E-state index contributed by atoms with van der Waals surface area (Å²) in [4.78, 5) is 12.0. The number of rotatable bonds is 1. The van der Waals surface area contributed by atoms with Crippen molar-refractivity contribution < 1.29 is 10.2 Å². The van der Waals surface area contributed by atoms with E-state index in [0.29, 0.717) is 5.39 Å². The number of benzene rings is 1. The van der Waals surface area contributed by atoms with Crippen molar-refractivity contribution >= 4 is 22.4 Å². The van der Waals surface area contributed by atoms with Gasteiger partial charge in [-0.1, -0.05) is 11.6 Å². The van der Waals surface area contributed by atoms with Crippen LogP contribution in [0.25, 0.3) is 10.8 Å². The number of aromatic nitrogens is 2.